The van der Waals surface area contributed by atoms with E-state index < -0.39 is 0 Å². The number of hydrogen-bond acceptors (Lipinski definition) is 3. The average molecular weight is 408 g/mol. The first kappa shape index (κ1) is 24.0. The van der Waals surface area contributed by atoms with Gasteiger partial charge in [0.05, 0.1) is 5.92 Å². The van der Waals surface area contributed by atoms with Crippen molar-refractivity contribution in [3.05, 3.63) is 0 Å². The van der Waals surface area contributed by atoms with Gasteiger partial charge in [0, 0.05) is 25.2 Å². The van der Waals surface area contributed by atoms with Gasteiger partial charge >= 0.3 is 0 Å². The second kappa shape index (κ2) is 10.5. The maximum absolute atomic E-state index is 13.1. The van der Waals surface area contributed by atoms with Crippen molar-refractivity contribution in [2.45, 2.75) is 70.8 Å². The van der Waals surface area contributed by atoms with Crippen molar-refractivity contribution in [1.82, 2.24) is 9.80 Å². The van der Waals surface area contributed by atoms with Crippen molar-refractivity contribution in [2.24, 2.45) is 23.5 Å². The zero-order valence-corrected chi connectivity index (χ0v) is 18.3. The van der Waals surface area contributed by atoms with E-state index in [9.17, 15) is 4.79 Å². The summed E-state index contributed by atoms with van der Waals surface area (Å²) in [6, 6.07) is 0. The lowest BCUT2D eigenvalue weighted by molar-refractivity contribution is -0.141. The van der Waals surface area contributed by atoms with Crippen LogP contribution in [0.25, 0.3) is 0 Å². The van der Waals surface area contributed by atoms with Gasteiger partial charge in [0.15, 0.2) is 0 Å². The molecule has 3 unspecified atom stereocenters. The van der Waals surface area contributed by atoms with Crippen molar-refractivity contribution >= 4 is 30.7 Å². The number of nitrogens with zero attached hydrogens (tertiary/aromatic N) is 2. The third-order valence-electron chi connectivity index (χ3n) is 6.78. The largest absolute Gasteiger partial charge is 0.342 e. The Balaban J connectivity index is 0.00000169. The van der Waals surface area contributed by atoms with Gasteiger partial charge in [0.2, 0.25) is 5.91 Å². The van der Waals surface area contributed by atoms with Crippen LogP contribution in [0.2, 0.25) is 0 Å². The summed E-state index contributed by atoms with van der Waals surface area (Å²) in [4.78, 5) is 17.9. The SMILES string of the molecule is CC1CCN(CC2CCCN(C(=O)C3CCCCC3(C)N)C2)CC1.Cl.Cl. The molecule has 0 aromatic rings. The molecule has 2 saturated heterocycles. The number of halogens is 2. The number of rotatable bonds is 3. The van der Waals surface area contributed by atoms with Crippen LogP contribution in [-0.4, -0.2) is 54.0 Å². The van der Waals surface area contributed by atoms with Crippen LogP contribution in [0.1, 0.15) is 65.2 Å². The van der Waals surface area contributed by atoms with Crippen LogP contribution in [0.5, 0.6) is 0 Å². The highest BCUT2D eigenvalue weighted by Crippen LogP contribution is 2.34. The van der Waals surface area contributed by atoms with Crippen LogP contribution in [0, 0.1) is 17.8 Å². The van der Waals surface area contributed by atoms with Crippen LogP contribution in [-0.2, 0) is 4.79 Å². The summed E-state index contributed by atoms with van der Waals surface area (Å²) in [5.41, 5.74) is 6.17. The topological polar surface area (TPSA) is 49.6 Å². The van der Waals surface area contributed by atoms with Gasteiger partial charge in [0.1, 0.15) is 0 Å². The second-order valence-corrected chi connectivity index (χ2v) is 9.08. The Labute approximate surface area is 172 Å². The molecule has 1 aliphatic carbocycles. The first-order valence-corrected chi connectivity index (χ1v) is 10.3. The lowest BCUT2D eigenvalue weighted by atomic mass is 9.73. The van der Waals surface area contributed by atoms with Crippen LogP contribution in [0.4, 0.5) is 0 Å². The fourth-order valence-electron chi connectivity index (χ4n) is 5.01. The van der Waals surface area contributed by atoms with Gasteiger partial charge in [-0.25, -0.2) is 0 Å². The fourth-order valence-corrected chi connectivity index (χ4v) is 5.01. The van der Waals surface area contributed by atoms with Crippen LogP contribution in [0.15, 0.2) is 0 Å². The highest BCUT2D eigenvalue weighted by atomic mass is 35.5. The lowest BCUT2D eigenvalue weighted by Crippen LogP contribution is -2.55. The van der Waals surface area contributed by atoms with Crippen LogP contribution >= 0.6 is 24.8 Å². The van der Waals surface area contributed by atoms with Gasteiger partial charge in [-0.2, -0.15) is 0 Å². The standard InChI is InChI=1S/C20H37N3O.2ClH/c1-16-8-12-22(13-9-16)14-17-6-5-11-23(15-17)19(24)18-7-3-4-10-20(18,2)21;;/h16-18H,3-15,21H2,1-2H3;2*1H. The Hall–Kier alpha value is -0.0300. The molecule has 3 atom stereocenters. The smallest absolute Gasteiger partial charge is 0.227 e. The zero-order chi connectivity index (χ0) is 17.2. The van der Waals surface area contributed by atoms with Gasteiger partial charge in [-0.1, -0.05) is 19.8 Å². The summed E-state index contributed by atoms with van der Waals surface area (Å²) in [6.07, 6.45) is 9.42. The molecule has 2 N–H and O–H groups in total. The molecule has 0 bridgehead atoms. The Morgan fingerprint density at radius 1 is 1.04 bits per heavy atom. The van der Waals surface area contributed by atoms with Gasteiger partial charge in [-0.15, -0.1) is 24.8 Å². The molecule has 154 valence electrons. The summed E-state index contributed by atoms with van der Waals surface area (Å²) in [7, 11) is 0. The quantitative estimate of drug-likeness (QED) is 0.775. The molecule has 1 amide bonds. The van der Waals surface area contributed by atoms with E-state index >= 15 is 0 Å². The molecular weight excluding hydrogens is 369 g/mol. The molecule has 6 heteroatoms. The normalized spacial score (nSPS) is 33.9. The summed E-state index contributed by atoms with van der Waals surface area (Å²) in [6.45, 7) is 10.0. The molecule has 3 aliphatic rings. The molecule has 0 radical (unpaired) electrons. The predicted octanol–water partition coefficient (Wildman–Crippen LogP) is 3.71. The number of nitrogens with two attached hydrogens (primary N) is 1. The third kappa shape index (κ3) is 5.98. The fraction of sp³-hybridized carbons (Fsp3) is 0.950. The van der Waals surface area contributed by atoms with Crippen molar-refractivity contribution in [2.75, 3.05) is 32.7 Å². The molecule has 2 heterocycles. The number of carbonyl (C=O) groups is 1. The Morgan fingerprint density at radius 2 is 1.73 bits per heavy atom. The first-order chi connectivity index (χ1) is 11.5. The van der Waals surface area contributed by atoms with Gasteiger partial charge in [-0.05, 0) is 70.4 Å². The molecular formula is C20H39Cl2N3O. The highest BCUT2D eigenvalue weighted by molar-refractivity contribution is 5.85. The number of piperidine rings is 2. The number of hydrogen-bond donors (Lipinski definition) is 1. The van der Waals surface area contributed by atoms with E-state index in [1.54, 1.807) is 0 Å². The Bertz CT molecular complexity index is 439. The van der Waals surface area contributed by atoms with Crippen molar-refractivity contribution in [3.8, 4) is 0 Å². The molecule has 26 heavy (non-hydrogen) atoms. The van der Waals surface area contributed by atoms with E-state index in [0.29, 0.717) is 11.8 Å². The van der Waals surface area contributed by atoms with E-state index in [1.807, 2.05) is 0 Å². The zero-order valence-electron chi connectivity index (χ0n) is 16.6. The van der Waals surface area contributed by atoms with Crippen LogP contribution < -0.4 is 5.73 Å². The number of amides is 1. The summed E-state index contributed by atoms with van der Waals surface area (Å²) < 4.78 is 0. The third-order valence-corrected chi connectivity index (χ3v) is 6.78. The first-order valence-electron chi connectivity index (χ1n) is 10.3. The molecule has 3 fully saturated rings. The Morgan fingerprint density at radius 3 is 2.38 bits per heavy atom. The predicted molar refractivity (Wildman–Crippen MR) is 113 cm³/mol. The van der Waals surface area contributed by atoms with E-state index in [2.05, 4.69) is 23.6 Å². The average Bonchev–Trinajstić information content (AvgIpc) is 2.56. The minimum atomic E-state index is -0.300. The molecule has 0 spiro atoms. The maximum atomic E-state index is 13.1. The minimum absolute atomic E-state index is 0. The summed E-state index contributed by atoms with van der Waals surface area (Å²) in [5.74, 6) is 1.93. The van der Waals surface area contributed by atoms with E-state index in [1.165, 1.54) is 45.3 Å². The number of carbonyl (C=O) groups excluding carboxylic acids is 1. The molecule has 1 saturated carbocycles. The second-order valence-electron chi connectivity index (χ2n) is 9.08. The summed E-state index contributed by atoms with van der Waals surface area (Å²) >= 11 is 0. The van der Waals surface area contributed by atoms with Crippen molar-refractivity contribution < 1.29 is 4.79 Å². The van der Waals surface area contributed by atoms with E-state index in [4.69, 9.17) is 5.73 Å². The Kier molecular flexibility index (Phi) is 9.69. The van der Waals surface area contributed by atoms with Gasteiger partial charge in [-0.3, -0.25) is 4.79 Å². The van der Waals surface area contributed by atoms with Gasteiger partial charge < -0.3 is 15.5 Å². The molecule has 3 rings (SSSR count). The van der Waals surface area contributed by atoms with Crippen LogP contribution in [0.3, 0.4) is 0 Å². The maximum Gasteiger partial charge on any atom is 0.227 e. The molecule has 2 aliphatic heterocycles. The highest BCUT2D eigenvalue weighted by Gasteiger charge is 2.40. The minimum Gasteiger partial charge on any atom is -0.342 e. The van der Waals surface area contributed by atoms with Crippen molar-refractivity contribution in [3.63, 3.8) is 0 Å². The van der Waals surface area contributed by atoms with E-state index in [-0.39, 0.29) is 36.3 Å². The molecule has 4 nitrogen and oxygen atoms in total. The number of likely N-dealkylation sites (tertiary alicyclic amines) is 2. The van der Waals surface area contributed by atoms with Crippen molar-refractivity contribution in [1.29, 1.82) is 0 Å². The molecule has 0 aromatic carbocycles. The van der Waals surface area contributed by atoms with E-state index in [0.717, 1.165) is 44.7 Å². The lowest BCUT2D eigenvalue weighted by Gasteiger charge is -2.43. The summed E-state index contributed by atoms with van der Waals surface area (Å²) in [5, 5.41) is 0. The molecule has 0 aromatic heterocycles. The monoisotopic (exact) mass is 407 g/mol. The van der Waals surface area contributed by atoms with Gasteiger partial charge in [0.25, 0.3) is 0 Å².